The van der Waals surface area contributed by atoms with Crippen LogP contribution in [0.1, 0.15) is 21.7 Å². The monoisotopic (exact) mass is 419 g/mol. The maximum absolute atomic E-state index is 13.0. The fourth-order valence-corrected chi connectivity index (χ4v) is 4.80. The molecule has 1 aliphatic heterocycles. The number of Topliss-reactive ketones (excluding diaryl/α,β-unsaturated/α-hetero) is 1. The predicted octanol–water partition coefficient (Wildman–Crippen LogP) is 4.68. The Labute approximate surface area is 178 Å². The highest BCUT2D eigenvalue weighted by Gasteiger charge is 2.20. The highest BCUT2D eigenvalue weighted by Crippen LogP contribution is 2.35. The first-order valence-electron chi connectivity index (χ1n) is 9.69. The Morgan fingerprint density at radius 2 is 1.90 bits per heavy atom. The van der Waals surface area contributed by atoms with Gasteiger partial charge in [0, 0.05) is 35.8 Å². The van der Waals surface area contributed by atoms with Crippen LogP contribution in [0, 0.1) is 13.8 Å². The molecule has 0 N–H and O–H groups in total. The predicted molar refractivity (Wildman–Crippen MR) is 117 cm³/mol. The number of carbonyl (C=O) groups is 1. The molecule has 5 rings (SSSR count). The molecule has 2 aromatic carbocycles. The molecule has 0 saturated carbocycles. The smallest absolute Gasteiger partial charge is 0.231 e. The summed E-state index contributed by atoms with van der Waals surface area (Å²) in [5.41, 5.74) is 5.61. The van der Waals surface area contributed by atoms with Crippen LogP contribution in [0.15, 0.2) is 53.7 Å². The van der Waals surface area contributed by atoms with Gasteiger partial charge in [-0.3, -0.25) is 4.79 Å². The molecule has 0 spiro atoms. The van der Waals surface area contributed by atoms with Gasteiger partial charge in [0.25, 0.3) is 0 Å². The molecule has 0 radical (unpaired) electrons. The van der Waals surface area contributed by atoms with E-state index in [1.807, 2.05) is 74.0 Å². The van der Waals surface area contributed by atoms with Crippen molar-refractivity contribution in [2.24, 2.45) is 7.05 Å². The first-order valence-corrected chi connectivity index (χ1v) is 10.7. The van der Waals surface area contributed by atoms with Crippen molar-refractivity contribution in [2.45, 2.75) is 19.0 Å². The zero-order valence-electron chi connectivity index (χ0n) is 17.0. The number of imidazole rings is 1. The third-order valence-electron chi connectivity index (χ3n) is 5.42. The van der Waals surface area contributed by atoms with E-state index in [1.165, 1.54) is 11.8 Å². The van der Waals surface area contributed by atoms with E-state index in [0.29, 0.717) is 5.75 Å². The molecular formula is C23H21N3O3S. The number of benzene rings is 2. The fraction of sp³-hybridized carbons (Fsp3) is 0.217. The van der Waals surface area contributed by atoms with Crippen molar-refractivity contribution in [1.29, 1.82) is 0 Å². The van der Waals surface area contributed by atoms with E-state index in [9.17, 15) is 4.79 Å². The summed E-state index contributed by atoms with van der Waals surface area (Å²) in [5, 5.41) is 0.842. The number of fused-ring (bicyclic) bond motifs is 2. The molecule has 6 nitrogen and oxygen atoms in total. The molecule has 3 heterocycles. The van der Waals surface area contributed by atoms with Gasteiger partial charge in [-0.25, -0.2) is 4.98 Å². The summed E-state index contributed by atoms with van der Waals surface area (Å²) >= 11 is 1.47. The fourth-order valence-electron chi connectivity index (χ4n) is 3.93. The maximum atomic E-state index is 13.0. The number of rotatable bonds is 5. The number of para-hydroxylation sites is 2. The van der Waals surface area contributed by atoms with Crippen LogP contribution in [0.25, 0.3) is 16.7 Å². The molecule has 30 heavy (non-hydrogen) atoms. The molecule has 1 aliphatic rings. The van der Waals surface area contributed by atoms with Gasteiger partial charge in [0.1, 0.15) is 0 Å². The van der Waals surface area contributed by atoms with Gasteiger partial charge in [0.15, 0.2) is 22.4 Å². The Bertz CT molecular complexity index is 1290. The topological polar surface area (TPSA) is 58.3 Å². The van der Waals surface area contributed by atoms with Crippen molar-refractivity contribution in [3.05, 3.63) is 65.5 Å². The second-order valence-corrected chi connectivity index (χ2v) is 8.25. The summed E-state index contributed by atoms with van der Waals surface area (Å²) in [5.74, 6) is 1.90. The van der Waals surface area contributed by atoms with Gasteiger partial charge in [0.05, 0.1) is 16.8 Å². The van der Waals surface area contributed by atoms with Gasteiger partial charge in [-0.1, -0.05) is 23.9 Å². The van der Waals surface area contributed by atoms with Crippen LogP contribution in [0.4, 0.5) is 0 Å². The Morgan fingerprint density at radius 1 is 1.10 bits per heavy atom. The molecule has 0 amide bonds. The minimum absolute atomic E-state index is 0.0900. The highest BCUT2D eigenvalue weighted by atomic mass is 32.2. The summed E-state index contributed by atoms with van der Waals surface area (Å²) in [6.45, 7) is 4.23. The quantitative estimate of drug-likeness (QED) is 0.347. The largest absolute Gasteiger partial charge is 0.454 e. The minimum atomic E-state index is 0.0900. The SMILES string of the molecule is Cc1cc(C(=O)CSc2nc3ccccc3n2C)c(C)n1-c1ccc2c(c1)OCO2. The average Bonchev–Trinajstić information content (AvgIpc) is 3.42. The number of aryl methyl sites for hydroxylation is 2. The first kappa shape index (κ1) is 18.8. The van der Waals surface area contributed by atoms with Gasteiger partial charge in [-0.2, -0.15) is 0 Å². The number of ketones is 1. The summed E-state index contributed by atoms with van der Waals surface area (Å²) in [7, 11) is 1.98. The van der Waals surface area contributed by atoms with E-state index in [2.05, 4.69) is 9.55 Å². The van der Waals surface area contributed by atoms with Gasteiger partial charge in [-0.05, 0) is 44.2 Å². The van der Waals surface area contributed by atoms with E-state index >= 15 is 0 Å². The average molecular weight is 420 g/mol. The van der Waals surface area contributed by atoms with Gasteiger partial charge in [-0.15, -0.1) is 0 Å². The Morgan fingerprint density at radius 3 is 2.73 bits per heavy atom. The minimum Gasteiger partial charge on any atom is -0.454 e. The normalized spacial score (nSPS) is 12.6. The lowest BCUT2D eigenvalue weighted by molar-refractivity contribution is 0.102. The molecule has 0 atom stereocenters. The van der Waals surface area contributed by atoms with E-state index in [4.69, 9.17) is 9.47 Å². The van der Waals surface area contributed by atoms with E-state index in [0.717, 1.165) is 50.3 Å². The number of hydrogen-bond donors (Lipinski definition) is 0. The molecule has 2 aromatic heterocycles. The van der Waals surface area contributed by atoms with Crippen LogP contribution in [0.5, 0.6) is 11.5 Å². The molecule has 0 unspecified atom stereocenters. The Kier molecular flexibility index (Phi) is 4.55. The van der Waals surface area contributed by atoms with Crippen molar-refractivity contribution < 1.29 is 14.3 Å². The van der Waals surface area contributed by atoms with Crippen LogP contribution >= 0.6 is 11.8 Å². The molecule has 0 aliphatic carbocycles. The highest BCUT2D eigenvalue weighted by molar-refractivity contribution is 7.99. The van der Waals surface area contributed by atoms with Gasteiger partial charge in [0.2, 0.25) is 6.79 Å². The zero-order chi connectivity index (χ0) is 20.8. The molecule has 152 valence electrons. The first-order chi connectivity index (χ1) is 14.5. The summed E-state index contributed by atoms with van der Waals surface area (Å²) < 4.78 is 15.0. The van der Waals surface area contributed by atoms with Crippen LogP contribution < -0.4 is 9.47 Å². The van der Waals surface area contributed by atoms with Crippen molar-refractivity contribution in [3.63, 3.8) is 0 Å². The number of hydrogen-bond acceptors (Lipinski definition) is 5. The van der Waals surface area contributed by atoms with E-state index in [-0.39, 0.29) is 12.6 Å². The lowest BCUT2D eigenvalue weighted by atomic mass is 10.2. The molecular weight excluding hydrogens is 398 g/mol. The maximum Gasteiger partial charge on any atom is 0.231 e. The standard InChI is InChI=1S/C23H21N3O3S/c1-14-10-17(15(2)26(14)16-8-9-21-22(11-16)29-13-28-21)20(27)12-30-23-24-18-6-4-5-7-19(18)25(23)3/h4-11H,12-13H2,1-3H3. The third-order valence-corrected chi connectivity index (χ3v) is 6.45. The van der Waals surface area contributed by atoms with Crippen molar-refractivity contribution >= 4 is 28.6 Å². The van der Waals surface area contributed by atoms with Gasteiger partial charge >= 0.3 is 0 Å². The van der Waals surface area contributed by atoms with Crippen molar-refractivity contribution in [2.75, 3.05) is 12.5 Å². The molecule has 4 aromatic rings. The molecule has 0 bridgehead atoms. The summed E-state index contributed by atoms with van der Waals surface area (Å²) in [6.07, 6.45) is 0. The number of thioether (sulfide) groups is 1. The van der Waals surface area contributed by atoms with E-state index in [1.54, 1.807) is 0 Å². The molecule has 0 fully saturated rings. The number of ether oxygens (including phenoxy) is 2. The molecule has 7 heteroatoms. The second-order valence-electron chi connectivity index (χ2n) is 7.31. The zero-order valence-corrected chi connectivity index (χ0v) is 17.8. The Hall–Kier alpha value is -3.19. The second kappa shape index (κ2) is 7.25. The van der Waals surface area contributed by atoms with Gasteiger partial charge < -0.3 is 18.6 Å². The van der Waals surface area contributed by atoms with Crippen LogP contribution in [-0.2, 0) is 7.05 Å². The van der Waals surface area contributed by atoms with Crippen LogP contribution in [0.2, 0.25) is 0 Å². The number of nitrogens with zero attached hydrogens (tertiary/aromatic N) is 3. The third kappa shape index (κ3) is 3.06. The van der Waals surface area contributed by atoms with Crippen molar-refractivity contribution in [1.82, 2.24) is 14.1 Å². The van der Waals surface area contributed by atoms with Crippen LogP contribution in [0.3, 0.4) is 0 Å². The number of aromatic nitrogens is 3. The van der Waals surface area contributed by atoms with Crippen LogP contribution in [-0.4, -0.2) is 32.4 Å². The van der Waals surface area contributed by atoms with Crippen molar-refractivity contribution in [3.8, 4) is 17.2 Å². The number of carbonyl (C=O) groups excluding carboxylic acids is 1. The lowest BCUT2D eigenvalue weighted by Gasteiger charge is -2.10. The summed E-state index contributed by atoms with van der Waals surface area (Å²) in [4.78, 5) is 17.7. The molecule has 0 saturated heterocycles. The Balaban J connectivity index is 1.40. The lowest BCUT2D eigenvalue weighted by Crippen LogP contribution is -2.06. The summed E-state index contributed by atoms with van der Waals surface area (Å²) in [6, 6.07) is 15.8. The van der Waals surface area contributed by atoms with E-state index < -0.39 is 0 Å².